The van der Waals surface area contributed by atoms with E-state index in [0.29, 0.717) is 28.2 Å². The summed E-state index contributed by atoms with van der Waals surface area (Å²) in [6, 6.07) is 18.0. The zero-order valence-corrected chi connectivity index (χ0v) is 17.5. The lowest BCUT2D eigenvalue weighted by Crippen LogP contribution is -2.23. The Bertz CT molecular complexity index is 1360. The number of phenolic OH excluding ortho intramolecular Hbond substituents is 1. The summed E-state index contributed by atoms with van der Waals surface area (Å²) in [4.78, 5) is 18.0. The zero-order chi connectivity index (χ0) is 22.0. The minimum atomic E-state index is -0.181. The van der Waals surface area contributed by atoms with Crippen molar-refractivity contribution < 1.29 is 9.84 Å². The van der Waals surface area contributed by atoms with E-state index in [1.54, 1.807) is 24.3 Å². The molecule has 1 aromatic heterocycles. The highest BCUT2D eigenvalue weighted by atomic mass is 16.5. The average molecular weight is 414 g/mol. The molecule has 0 fully saturated rings. The second kappa shape index (κ2) is 8.31. The maximum atomic E-state index is 13.3. The molecule has 0 radical (unpaired) electrons. The number of hydrogen-bond acceptors (Lipinski definition) is 6. The third-order valence-corrected chi connectivity index (χ3v) is 5.17. The van der Waals surface area contributed by atoms with Gasteiger partial charge in [-0.1, -0.05) is 24.3 Å². The Morgan fingerprint density at radius 2 is 1.90 bits per heavy atom. The normalized spacial score (nSPS) is 11.2. The van der Waals surface area contributed by atoms with Crippen LogP contribution in [0.15, 0.2) is 70.6 Å². The smallest absolute Gasteiger partial charge is 0.267 e. The highest BCUT2D eigenvalue weighted by molar-refractivity contribution is 5.82. The first kappa shape index (κ1) is 20.2. The molecular formula is C24H22N4O3. The lowest BCUT2D eigenvalue weighted by molar-refractivity contribution is 0.373. The van der Waals surface area contributed by atoms with Gasteiger partial charge in [-0.2, -0.15) is 5.10 Å². The molecule has 4 aromatic rings. The van der Waals surface area contributed by atoms with Gasteiger partial charge in [-0.05, 0) is 66.9 Å². The summed E-state index contributed by atoms with van der Waals surface area (Å²) in [5.74, 6) is 0.694. The van der Waals surface area contributed by atoms with Gasteiger partial charge in [0.25, 0.3) is 5.56 Å². The molecule has 0 saturated heterocycles. The molecule has 0 aliphatic rings. The van der Waals surface area contributed by atoms with Crippen LogP contribution in [-0.2, 0) is 0 Å². The van der Waals surface area contributed by atoms with Gasteiger partial charge < -0.3 is 9.84 Å². The summed E-state index contributed by atoms with van der Waals surface area (Å²) in [7, 11) is 1.49. The second-order valence-corrected chi connectivity index (χ2v) is 7.11. The third kappa shape index (κ3) is 3.85. The van der Waals surface area contributed by atoms with Crippen molar-refractivity contribution in [3.8, 4) is 17.2 Å². The number of hydrazone groups is 1. The molecule has 3 aromatic carbocycles. The number of fused-ring (bicyclic) bond motifs is 1. The molecule has 0 saturated carbocycles. The Morgan fingerprint density at radius 1 is 1.10 bits per heavy atom. The van der Waals surface area contributed by atoms with E-state index in [1.165, 1.54) is 24.0 Å². The standard InChI is InChI=1S/C24H22N4O3/c1-15-7-6-10-20(16(15)2)28-23(30)18-8-4-5-9-19(18)26-24(28)27-25-14-17-11-12-22(31-3)21(29)13-17/h4-14,29H,1-3H3,(H,26,27)/b25-14-. The fourth-order valence-electron chi connectivity index (χ4n) is 3.36. The molecular weight excluding hydrogens is 392 g/mol. The number of nitrogens with one attached hydrogen (secondary N) is 1. The quantitative estimate of drug-likeness (QED) is 0.378. The van der Waals surface area contributed by atoms with Crippen molar-refractivity contribution in [2.45, 2.75) is 13.8 Å². The molecule has 0 atom stereocenters. The number of aromatic hydroxyl groups is 1. The number of aromatic nitrogens is 2. The molecule has 0 spiro atoms. The van der Waals surface area contributed by atoms with Gasteiger partial charge in [-0.15, -0.1) is 0 Å². The van der Waals surface area contributed by atoms with Gasteiger partial charge >= 0.3 is 0 Å². The van der Waals surface area contributed by atoms with Gasteiger partial charge in [0.2, 0.25) is 5.95 Å². The molecule has 0 amide bonds. The Hall–Kier alpha value is -4.13. The van der Waals surface area contributed by atoms with Crippen LogP contribution in [0.2, 0.25) is 0 Å². The summed E-state index contributed by atoms with van der Waals surface area (Å²) in [6.45, 7) is 3.97. The van der Waals surface area contributed by atoms with Crippen LogP contribution in [0.3, 0.4) is 0 Å². The summed E-state index contributed by atoms with van der Waals surface area (Å²) in [5.41, 5.74) is 6.74. The van der Waals surface area contributed by atoms with Crippen molar-refractivity contribution in [2.24, 2.45) is 5.10 Å². The highest BCUT2D eigenvalue weighted by Gasteiger charge is 2.14. The van der Waals surface area contributed by atoms with Gasteiger partial charge in [0.15, 0.2) is 11.5 Å². The van der Waals surface area contributed by atoms with Crippen molar-refractivity contribution in [2.75, 3.05) is 12.5 Å². The SMILES string of the molecule is COc1ccc(/C=N\Nc2nc3ccccc3c(=O)n2-c2cccc(C)c2C)cc1O. The van der Waals surface area contributed by atoms with E-state index in [1.807, 2.05) is 44.2 Å². The highest BCUT2D eigenvalue weighted by Crippen LogP contribution is 2.25. The monoisotopic (exact) mass is 414 g/mol. The lowest BCUT2D eigenvalue weighted by atomic mass is 10.1. The Kier molecular flexibility index (Phi) is 5.41. The van der Waals surface area contributed by atoms with E-state index < -0.39 is 0 Å². The van der Waals surface area contributed by atoms with Crippen molar-refractivity contribution >= 4 is 23.1 Å². The number of para-hydroxylation sites is 1. The molecule has 0 aliphatic heterocycles. The molecule has 0 aliphatic carbocycles. The van der Waals surface area contributed by atoms with E-state index in [4.69, 9.17) is 4.74 Å². The zero-order valence-electron chi connectivity index (χ0n) is 17.5. The van der Waals surface area contributed by atoms with Crippen LogP contribution >= 0.6 is 0 Å². The predicted molar refractivity (Wildman–Crippen MR) is 123 cm³/mol. The van der Waals surface area contributed by atoms with Gasteiger partial charge in [0.05, 0.1) is 29.9 Å². The first-order valence-corrected chi connectivity index (χ1v) is 9.74. The number of nitrogens with zero attached hydrogens (tertiary/aromatic N) is 3. The average Bonchev–Trinajstić information content (AvgIpc) is 2.77. The van der Waals surface area contributed by atoms with Crippen LogP contribution < -0.4 is 15.7 Å². The maximum Gasteiger partial charge on any atom is 0.267 e. The maximum absolute atomic E-state index is 13.3. The Labute approximate surface area is 179 Å². The number of rotatable bonds is 5. The van der Waals surface area contributed by atoms with Gasteiger partial charge in [0.1, 0.15) is 0 Å². The summed E-state index contributed by atoms with van der Waals surface area (Å²) in [6.07, 6.45) is 1.54. The van der Waals surface area contributed by atoms with E-state index in [0.717, 1.165) is 16.8 Å². The number of anilines is 1. The van der Waals surface area contributed by atoms with Crippen molar-refractivity contribution in [1.29, 1.82) is 0 Å². The largest absolute Gasteiger partial charge is 0.504 e. The first-order valence-electron chi connectivity index (χ1n) is 9.74. The van der Waals surface area contributed by atoms with E-state index in [2.05, 4.69) is 15.5 Å². The molecule has 31 heavy (non-hydrogen) atoms. The van der Waals surface area contributed by atoms with Crippen LogP contribution in [-0.4, -0.2) is 28.0 Å². The third-order valence-electron chi connectivity index (χ3n) is 5.17. The van der Waals surface area contributed by atoms with E-state index in [9.17, 15) is 9.90 Å². The minimum Gasteiger partial charge on any atom is -0.504 e. The van der Waals surface area contributed by atoms with Crippen LogP contribution in [0.1, 0.15) is 16.7 Å². The Morgan fingerprint density at radius 3 is 2.68 bits per heavy atom. The fraction of sp³-hybridized carbons (Fsp3) is 0.125. The van der Waals surface area contributed by atoms with Crippen LogP contribution in [0.4, 0.5) is 5.95 Å². The number of ether oxygens (including phenoxy) is 1. The van der Waals surface area contributed by atoms with Crippen LogP contribution in [0.25, 0.3) is 16.6 Å². The van der Waals surface area contributed by atoms with E-state index in [-0.39, 0.29) is 11.3 Å². The summed E-state index contributed by atoms with van der Waals surface area (Å²) in [5, 5.41) is 14.7. The summed E-state index contributed by atoms with van der Waals surface area (Å²) < 4.78 is 6.59. The number of benzene rings is 3. The number of phenols is 1. The molecule has 0 unspecified atom stereocenters. The number of methoxy groups -OCH3 is 1. The molecule has 7 nitrogen and oxygen atoms in total. The Balaban J connectivity index is 1.80. The first-order chi connectivity index (χ1) is 15.0. The van der Waals surface area contributed by atoms with Crippen molar-refractivity contribution in [3.63, 3.8) is 0 Å². The van der Waals surface area contributed by atoms with Crippen molar-refractivity contribution in [3.05, 3.63) is 87.7 Å². The van der Waals surface area contributed by atoms with Crippen LogP contribution in [0.5, 0.6) is 11.5 Å². The number of hydrogen-bond donors (Lipinski definition) is 2. The minimum absolute atomic E-state index is 0.0163. The van der Waals surface area contributed by atoms with E-state index >= 15 is 0 Å². The van der Waals surface area contributed by atoms with Crippen LogP contribution in [0, 0.1) is 13.8 Å². The van der Waals surface area contributed by atoms with Gasteiger partial charge in [-0.3, -0.25) is 4.79 Å². The molecule has 0 bridgehead atoms. The molecule has 7 heteroatoms. The van der Waals surface area contributed by atoms with Gasteiger partial charge in [-0.25, -0.2) is 15.0 Å². The fourth-order valence-corrected chi connectivity index (χ4v) is 3.36. The molecule has 156 valence electrons. The van der Waals surface area contributed by atoms with Gasteiger partial charge in [0, 0.05) is 0 Å². The molecule has 1 heterocycles. The molecule has 4 rings (SSSR count). The molecule has 2 N–H and O–H groups in total. The van der Waals surface area contributed by atoms with Crippen molar-refractivity contribution in [1.82, 2.24) is 9.55 Å². The second-order valence-electron chi connectivity index (χ2n) is 7.11. The number of aryl methyl sites for hydroxylation is 1. The topological polar surface area (TPSA) is 88.7 Å². The predicted octanol–water partition coefficient (Wildman–Crippen LogP) is 4.16. The lowest BCUT2D eigenvalue weighted by Gasteiger charge is -2.16. The summed E-state index contributed by atoms with van der Waals surface area (Å²) >= 11 is 0.